The minimum Gasteiger partial charge on any atom is -0.363 e. The van der Waals surface area contributed by atoms with Crippen LogP contribution in [0, 0.1) is 22.7 Å². The first-order chi connectivity index (χ1) is 7.16. The average Bonchev–Trinajstić information content (AvgIpc) is 2.64. The Kier molecular flexibility index (Phi) is 2.19. The molecule has 0 unspecified atom stereocenters. The number of nitrogens with zero attached hydrogens (tertiary/aromatic N) is 2. The van der Waals surface area contributed by atoms with E-state index in [2.05, 4.69) is 21.1 Å². The summed E-state index contributed by atoms with van der Waals surface area (Å²) in [5.41, 5.74) is -0.356. The standard InChI is InChI=1S/C10H11N3O2/c1-7-2-10(3-7,6-11)9(14)13-8-4-12-15-5-8/h4-5,7H,2-3H2,1H3,(H,13,14). The van der Waals surface area contributed by atoms with Crippen LogP contribution >= 0.6 is 0 Å². The molecule has 1 aromatic heterocycles. The van der Waals surface area contributed by atoms with Gasteiger partial charge in [0.1, 0.15) is 17.4 Å². The van der Waals surface area contributed by atoms with Crippen molar-refractivity contribution in [1.82, 2.24) is 5.16 Å². The molecular weight excluding hydrogens is 194 g/mol. The zero-order chi connectivity index (χ0) is 10.9. The Hall–Kier alpha value is -1.83. The van der Waals surface area contributed by atoms with E-state index in [0.29, 0.717) is 24.4 Å². The molecule has 1 saturated carbocycles. The van der Waals surface area contributed by atoms with Crippen LogP contribution in [0.2, 0.25) is 0 Å². The Labute approximate surface area is 87.0 Å². The number of rotatable bonds is 2. The Morgan fingerprint density at radius 2 is 2.53 bits per heavy atom. The molecule has 0 radical (unpaired) electrons. The smallest absolute Gasteiger partial charge is 0.244 e. The summed E-state index contributed by atoms with van der Waals surface area (Å²) < 4.78 is 4.59. The molecule has 5 heteroatoms. The molecule has 1 aliphatic carbocycles. The number of carbonyl (C=O) groups is 1. The number of hydrogen-bond acceptors (Lipinski definition) is 4. The molecule has 1 heterocycles. The number of anilines is 1. The summed E-state index contributed by atoms with van der Waals surface area (Å²) in [6.07, 6.45) is 4.00. The van der Waals surface area contributed by atoms with Crippen molar-refractivity contribution in [3.63, 3.8) is 0 Å². The summed E-state index contributed by atoms with van der Waals surface area (Å²) in [5, 5.41) is 15.1. The van der Waals surface area contributed by atoms with E-state index >= 15 is 0 Å². The number of hydrogen-bond donors (Lipinski definition) is 1. The highest BCUT2D eigenvalue weighted by atomic mass is 16.5. The SMILES string of the molecule is CC1CC(C#N)(C(=O)Nc2cnoc2)C1. The lowest BCUT2D eigenvalue weighted by molar-refractivity contribution is -0.128. The Morgan fingerprint density at radius 1 is 1.80 bits per heavy atom. The molecule has 0 aromatic carbocycles. The van der Waals surface area contributed by atoms with Gasteiger partial charge in [0.25, 0.3) is 0 Å². The molecule has 15 heavy (non-hydrogen) atoms. The quantitative estimate of drug-likeness (QED) is 0.794. The van der Waals surface area contributed by atoms with Gasteiger partial charge in [-0.1, -0.05) is 12.1 Å². The second kappa shape index (κ2) is 3.39. The lowest BCUT2D eigenvalue weighted by Crippen LogP contribution is -2.44. The van der Waals surface area contributed by atoms with Gasteiger partial charge in [-0.2, -0.15) is 5.26 Å². The second-order valence-corrected chi connectivity index (χ2v) is 4.07. The molecule has 0 bridgehead atoms. The normalized spacial score (nSPS) is 28.9. The van der Waals surface area contributed by atoms with Crippen LogP contribution in [0.3, 0.4) is 0 Å². The fourth-order valence-electron chi connectivity index (χ4n) is 1.97. The summed E-state index contributed by atoms with van der Waals surface area (Å²) >= 11 is 0. The second-order valence-electron chi connectivity index (χ2n) is 4.07. The largest absolute Gasteiger partial charge is 0.363 e. The molecule has 1 N–H and O–H groups in total. The summed E-state index contributed by atoms with van der Waals surface area (Å²) in [7, 11) is 0. The number of carbonyl (C=O) groups excluding carboxylic acids is 1. The molecule has 1 aromatic rings. The van der Waals surface area contributed by atoms with E-state index in [9.17, 15) is 4.79 Å². The molecular formula is C10H11N3O2. The first kappa shape index (κ1) is 9.71. The van der Waals surface area contributed by atoms with E-state index in [1.165, 1.54) is 12.5 Å². The van der Waals surface area contributed by atoms with Crippen molar-refractivity contribution in [3.05, 3.63) is 12.5 Å². The van der Waals surface area contributed by atoms with Crippen molar-refractivity contribution in [2.45, 2.75) is 19.8 Å². The van der Waals surface area contributed by atoms with Crippen molar-refractivity contribution >= 4 is 11.6 Å². The van der Waals surface area contributed by atoms with Gasteiger partial charge >= 0.3 is 0 Å². The number of aromatic nitrogens is 1. The maximum absolute atomic E-state index is 11.8. The third-order valence-corrected chi connectivity index (χ3v) is 2.73. The minimum absolute atomic E-state index is 0.258. The topological polar surface area (TPSA) is 78.9 Å². The highest BCUT2D eigenvalue weighted by Gasteiger charge is 2.49. The maximum Gasteiger partial charge on any atom is 0.244 e. The fraction of sp³-hybridized carbons (Fsp3) is 0.500. The fourth-order valence-corrected chi connectivity index (χ4v) is 1.97. The van der Waals surface area contributed by atoms with E-state index in [-0.39, 0.29) is 5.91 Å². The first-order valence-corrected chi connectivity index (χ1v) is 4.78. The molecule has 0 aliphatic heterocycles. The Balaban J connectivity index is 2.05. The predicted octanol–water partition coefficient (Wildman–Crippen LogP) is 1.55. The van der Waals surface area contributed by atoms with Crippen molar-refractivity contribution in [2.75, 3.05) is 5.32 Å². The van der Waals surface area contributed by atoms with E-state index in [0.717, 1.165) is 0 Å². The highest BCUT2D eigenvalue weighted by Crippen LogP contribution is 2.45. The van der Waals surface area contributed by atoms with Crippen molar-refractivity contribution < 1.29 is 9.32 Å². The zero-order valence-corrected chi connectivity index (χ0v) is 8.36. The van der Waals surface area contributed by atoms with E-state index in [4.69, 9.17) is 5.26 Å². The minimum atomic E-state index is -0.851. The number of nitriles is 1. The molecule has 1 fully saturated rings. The third kappa shape index (κ3) is 1.59. The highest BCUT2D eigenvalue weighted by molar-refractivity contribution is 5.97. The third-order valence-electron chi connectivity index (χ3n) is 2.73. The van der Waals surface area contributed by atoms with Gasteiger partial charge in [0.2, 0.25) is 5.91 Å². The van der Waals surface area contributed by atoms with Gasteiger partial charge in [-0.05, 0) is 18.8 Å². The van der Waals surface area contributed by atoms with Gasteiger partial charge in [0.05, 0.1) is 12.3 Å². The lowest BCUT2D eigenvalue weighted by atomic mass is 9.63. The molecule has 2 rings (SSSR count). The van der Waals surface area contributed by atoms with Crippen LogP contribution in [-0.4, -0.2) is 11.1 Å². The van der Waals surface area contributed by atoms with Crippen LogP contribution in [0.4, 0.5) is 5.69 Å². The van der Waals surface area contributed by atoms with Crippen molar-refractivity contribution in [3.8, 4) is 6.07 Å². The summed E-state index contributed by atoms with van der Waals surface area (Å²) in [6, 6.07) is 2.09. The molecule has 0 spiro atoms. The van der Waals surface area contributed by atoms with Gasteiger partial charge in [0, 0.05) is 0 Å². The molecule has 78 valence electrons. The van der Waals surface area contributed by atoms with Gasteiger partial charge in [0.15, 0.2) is 0 Å². The number of nitrogens with one attached hydrogen (secondary N) is 1. The van der Waals surface area contributed by atoms with Crippen LogP contribution < -0.4 is 5.32 Å². The molecule has 0 atom stereocenters. The molecule has 1 aliphatic rings. The summed E-state index contributed by atoms with van der Waals surface area (Å²) in [5.74, 6) is 0.184. The van der Waals surface area contributed by atoms with Crippen LogP contribution in [0.1, 0.15) is 19.8 Å². The monoisotopic (exact) mass is 205 g/mol. The van der Waals surface area contributed by atoms with Crippen LogP contribution in [-0.2, 0) is 4.79 Å². The van der Waals surface area contributed by atoms with Gasteiger partial charge in [-0.25, -0.2) is 0 Å². The van der Waals surface area contributed by atoms with Crippen molar-refractivity contribution in [1.29, 1.82) is 5.26 Å². The first-order valence-electron chi connectivity index (χ1n) is 4.78. The van der Waals surface area contributed by atoms with E-state index in [1.807, 2.05) is 6.92 Å². The van der Waals surface area contributed by atoms with Gasteiger partial charge in [-0.15, -0.1) is 0 Å². The van der Waals surface area contributed by atoms with Crippen LogP contribution in [0.5, 0.6) is 0 Å². The number of amides is 1. The predicted molar refractivity (Wildman–Crippen MR) is 51.6 cm³/mol. The molecule has 1 amide bonds. The van der Waals surface area contributed by atoms with Gasteiger partial charge in [-0.3, -0.25) is 4.79 Å². The van der Waals surface area contributed by atoms with Gasteiger partial charge < -0.3 is 9.84 Å². The molecule has 0 saturated heterocycles. The Bertz CT molecular complexity index is 399. The average molecular weight is 205 g/mol. The van der Waals surface area contributed by atoms with E-state index < -0.39 is 5.41 Å². The Morgan fingerprint density at radius 3 is 3.00 bits per heavy atom. The zero-order valence-electron chi connectivity index (χ0n) is 8.36. The van der Waals surface area contributed by atoms with E-state index in [1.54, 1.807) is 0 Å². The van der Waals surface area contributed by atoms with Crippen LogP contribution in [0.15, 0.2) is 17.0 Å². The maximum atomic E-state index is 11.8. The van der Waals surface area contributed by atoms with Crippen molar-refractivity contribution in [2.24, 2.45) is 11.3 Å². The molecule has 5 nitrogen and oxygen atoms in total. The van der Waals surface area contributed by atoms with Crippen LogP contribution in [0.25, 0.3) is 0 Å². The summed E-state index contributed by atoms with van der Waals surface area (Å²) in [6.45, 7) is 2.03. The summed E-state index contributed by atoms with van der Waals surface area (Å²) in [4.78, 5) is 11.8. The lowest BCUT2D eigenvalue weighted by Gasteiger charge is -2.38.